The molecule has 140 valence electrons. The zero-order chi connectivity index (χ0) is 16.8. The van der Waals surface area contributed by atoms with Crippen molar-refractivity contribution in [1.29, 1.82) is 0 Å². The summed E-state index contributed by atoms with van der Waals surface area (Å²) in [6.45, 7) is 1.77. The number of benzene rings is 3. The highest BCUT2D eigenvalue weighted by molar-refractivity contribution is 5.86. The van der Waals surface area contributed by atoms with Gasteiger partial charge in [-0.05, 0) is 60.0 Å². The molecule has 26 heavy (non-hydrogen) atoms. The summed E-state index contributed by atoms with van der Waals surface area (Å²) in [5, 5.41) is 6.07. The van der Waals surface area contributed by atoms with Crippen LogP contribution in [0.2, 0.25) is 0 Å². The van der Waals surface area contributed by atoms with Gasteiger partial charge in [-0.3, -0.25) is 0 Å². The molecule has 0 saturated carbocycles. The van der Waals surface area contributed by atoms with E-state index in [2.05, 4.69) is 47.8 Å². The van der Waals surface area contributed by atoms with E-state index in [9.17, 15) is 4.39 Å². The standard InChI is InChI=1S/C21H23FN2.2ClH/c22-19-10-8-18(9-11-19)21(23)13-15-24-14-12-17-6-3-5-16-4-1-2-7-20(16)17;;/h1-11,21,24H,12-15,23H2;2*1H. The molecule has 3 N–H and O–H groups in total. The van der Waals surface area contributed by atoms with E-state index < -0.39 is 0 Å². The van der Waals surface area contributed by atoms with Gasteiger partial charge in [-0.15, -0.1) is 24.8 Å². The molecule has 3 aromatic rings. The van der Waals surface area contributed by atoms with Crippen molar-refractivity contribution in [2.45, 2.75) is 18.9 Å². The summed E-state index contributed by atoms with van der Waals surface area (Å²) in [5.74, 6) is -0.223. The lowest BCUT2D eigenvalue weighted by Gasteiger charge is -2.13. The lowest BCUT2D eigenvalue weighted by atomic mass is 10.0. The molecule has 0 fully saturated rings. The largest absolute Gasteiger partial charge is 0.324 e. The highest BCUT2D eigenvalue weighted by Crippen LogP contribution is 2.18. The molecule has 0 heterocycles. The van der Waals surface area contributed by atoms with Gasteiger partial charge in [0.1, 0.15) is 5.82 Å². The van der Waals surface area contributed by atoms with Crippen molar-refractivity contribution in [2.75, 3.05) is 13.1 Å². The van der Waals surface area contributed by atoms with Gasteiger partial charge in [-0.1, -0.05) is 54.6 Å². The van der Waals surface area contributed by atoms with Crippen LogP contribution in [0.4, 0.5) is 4.39 Å². The fraction of sp³-hybridized carbons (Fsp3) is 0.238. The molecule has 1 unspecified atom stereocenters. The van der Waals surface area contributed by atoms with Gasteiger partial charge in [0.25, 0.3) is 0 Å². The Bertz CT molecular complexity index is 788. The van der Waals surface area contributed by atoms with Crippen LogP contribution >= 0.6 is 24.8 Å². The highest BCUT2D eigenvalue weighted by Gasteiger charge is 2.06. The first-order valence-electron chi connectivity index (χ1n) is 8.42. The maximum absolute atomic E-state index is 12.9. The first-order valence-corrected chi connectivity index (χ1v) is 8.42. The van der Waals surface area contributed by atoms with E-state index >= 15 is 0 Å². The molecule has 3 aromatic carbocycles. The smallest absolute Gasteiger partial charge is 0.123 e. The summed E-state index contributed by atoms with van der Waals surface area (Å²) >= 11 is 0. The Morgan fingerprint density at radius 1 is 0.846 bits per heavy atom. The van der Waals surface area contributed by atoms with Crippen LogP contribution in [-0.2, 0) is 6.42 Å². The molecule has 0 aliphatic heterocycles. The Hall–Kier alpha value is -1.65. The zero-order valence-corrected chi connectivity index (χ0v) is 16.2. The van der Waals surface area contributed by atoms with E-state index in [1.165, 1.54) is 28.5 Å². The molecule has 0 spiro atoms. The topological polar surface area (TPSA) is 38.0 Å². The molecule has 1 atom stereocenters. The molecule has 5 heteroatoms. The van der Waals surface area contributed by atoms with Crippen LogP contribution in [0.25, 0.3) is 10.8 Å². The molecule has 0 aliphatic carbocycles. The van der Waals surface area contributed by atoms with Gasteiger partial charge in [0.2, 0.25) is 0 Å². The summed E-state index contributed by atoms with van der Waals surface area (Å²) < 4.78 is 12.9. The van der Waals surface area contributed by atoms with Gasteiger partial charge >= 0.3 is 0 Å². The van der Waals surface area contributed by atoms with Crippen LogP contribution in [0.3, 0.4) is 0 Å². The van der Waals surface area contributed by atoms with E-state index in [0.29, 0.717) is 0 Å². The fourth-order valence-electron chi connectivity index (χ4n) is 2.99. The lowest BCUT2D eigenvalue weighted by Crippen LogP contribution is -2.23. The number of fused-ring (bicyclic) bond motifs is 1. The molecule has 3 rings (SSSR count). The van der Waals surface area contributed by atoms with E-state index in [0.717, 1.165) is 31.5 Å². The first-order chi connectivity index (χ1) is 11.7. The predicted octanol–water partition coefficient (Wildman–Crippen LogP) is 5.04. The van der Waals surface area contributed by atoms with Crippen molar-refractivity contribution in [1.82, 2.24) is 5.32 Å². The van der Waals surface area contributed by atoms with Gasteiger partial charge in [-0.25, -0.2) is 4.39 Å². The number of hydrogen-bond acceptors (Lipinski definition) is 2. The Morgan fingerprint density at radius 3 is 2.31 bits per heavy atom. The second-order valence-corrected chi connectivity index (χ2v) is 6.08. The van der Waals surface area contributed by atoms with Crippen LogP contribution in [-0.4, -0.2) is 13.1 Å². The van der Waals surface area contributed by atoms with Gasteiger partial charge in [0.15, 0.2) is 0 Å². The third-order valence-corrected chi connectivity index (χ3v) is 4.38. The van der Waals surface area contributed by atoms with Gasteiger partial charge in [0.05, 0.1) is 0 Å². The second-order valence-electron chi connectivity index (χ2n) is 6.08. The molecular formula is C21H25Cl2FN2. The van der Waals surface area contributed by atoms with Crippen molar-refractivity contribution < 1.29 is 4.39 Å². The van der Waals surface area contributed by atoms with Crippen molar-refractivity contribution in [3.05, 3.63) is 83.7 Å². The quantitative estimate of drug-likeness (QED) is 0.550. The molecule has 2 nitrogen and oxygen atoms in total. The maximum Gasteiger partial charge on any atom is 0.123 e. The lowest BCUT2D eigenvalue weighted by molar-refractivity contribution is 0.578. The van der Waals surface area contributed by atoms with Crippen LogP contribution in [0.1, 0.15) is 23.6 Å². The predicted molar refractivity (Wildman–Crippen MR) is 113 cm³/mol. The highest BCUT2D eigenvalue weighted by atomic mass is 35.5. The monoisotopic (exact) mass is 394 g/mol. The Morgan fingerprint density at radius 2 is 1.54 bits per heavy atom. The van der Waals surface area contributed by atoms with E-state index in [1.54, 1.807) is 12.1 Å². The summed E-state index contributed by atoms with van der Waals surface area (Å²) in [6.07, 6.45) is 1.83. The average molecular weight is 395 g/mol. The molecule has 0 aliphatic rings. The number of nitrogens with one attached hydrogen (secondary N) is 1. The molecule has 0 saturated heterocycles. The van der Waals surface area contributed by atoms with Crippen LogP contribution < -0.4 is 11.1 Å². The maximum atomic E-state index is 12.9. The van der Waals surface area contributed by atoms with Crippen LogP contribution in [0.5, 0.6) is 0 Å². The Labute approximate surface area is 166 Å². The molecule has 0 aromatic heterocycles. The Kier molecular flexibility index (Phi) is 9.60. The first kappa shape index (κ1) is 22.4. The zero-order valence-electron chi connectivity index (χ0n) is 14.5. The van der Waals surface area contributed by atoms with Gasteiger partial charge in [-0.2, -0.15) is 0 Å². The molecular weight excluding hydrogens is 370 g/mol. The number of rotatable bonds is 7. The fourth-order valence-corrected chi connectivity index (χ4v) is 2.99. The second kappa shape index (κ2) is 11.1. The van der Waals surface area contributed by atoms with E-state index in [1.807, 2.05) is 0 Å². The molecule has 0 radical (unpaired) electrons. The van der Waals surface area contributed by atoms with Gasteiger partial charge in [0, 0.05) is 6.04 Å². The third kappa shape index (κ3) is 5.96. The van der Waals surface area contributed by atoms with Gasteiger partial charge < -0.3 is 11.1 Å². The van der Waals surface area contributed by atoms with Crippen molar-refractivity contribution in [3.8, 4) is 0 Å². The SMILES string of the molecule is Cl.Cl.NC(CCNCCc1cccc2ccccc12)c1ccc(F)cc1. The summed E-state index contributed by atoms with van der Waals surface area (Å²) in [5.41, 5.74) is 8.49. The summed E-state index contributed by atoms with van der Waals surface area (Å²) in [4.78, 5) is 0. The molecule has 0 bridgehead atoms. The number of nitrogens with two attached hydrogens (primary N) is 1. The summed E-state index contributed by atoms with van der Waals surface area (Å²) in [6, 6.07) is 21.3. The molecule has 0 amide bonds. The number of halogens is 3. The average Bonchev–Trinajstić information content (AvgIpc) is 2.62. The minimum absolute atomic E-state index is 0. The Balaban J connectivity index is 0.00000169. The minimum atomic E-state index is -0.223. The normalized spacial score (nSPS) is 11.5. The summed E-state index contributed by atoms with van der Waals surface area (Å²) in [7, 11) is 0. The van der Waals surface area contributed by atoms with E-state index in [4.69, 9.17) is 5.73 Å². The van der Waals surface area contributed by atoms with Crippen molar-refractivity contribution in [2.24, 2.45) is 5.73 Å². The van der Waals surface area contributed by atoms with Crippen LogP contribution in [0, 0.1) is 5.82 Å². The van der Waals surface area contributed by atoms with Crippen molar-refractivity contribution >= 4 is 35.6 Å². The van der Waals surface area contributed by atoms with Crippen LogP contribution in [0.15, 0.2) is 66.7 Å². The minimum Gasteiger partial charge on any atom is -0.324 e. The third-order valence-electron chi connectivity index (χ3n) is 4.38. The number of hydrogen-bond donors (Lipinski definition) is 2. The van der Waals surface area contributed by atoms with Crippen molar-refractivity contribution in [3.63, 3.8) is 0 Å². The van der Waals surface area contributed by atoms with E-state index in [-0.39, 0.29) is 36.7 Å².